The van der Waals surface area contributed by atoms with Gasteiger partial charge in [-0.3, -0.25) is 4.40 Å². The molecule has 0 aliphatic rings. The average Bonchev–Trinajstić information content (AvgIpc) is 3.12. The quantitative estimate of drug-likeness (QED) is 0.479. The summed E-state index contributed by atoms with van der Waals surface area (Å²) < 4.78 is 30.8. The first-order chi connectivity index (χ1) is 12.5. The van der Waals surface area contributed by atoms with Gasteiger partial charge >= 0.3 is 0 Å². The van der Waals surface area contributed by atoms with Gasteiger partial charge in [0.15, 0.2) is 4.96 Å². The van der Waals surface area contributed by atoms with Crippen molar-refractivity contribution >= 4 is 27.8 Å². The molecule has 0 aliphatic carbocycles. The van der Waals surface area contributed by atoms with Gasteiger partial charge in [0, 0.05) is 16.8 Å². The third kappa shape index (κ3) is 2.57. The van der Waals surface area contributed by atoms with Gasteiger partial charge in [0.2, 0.25) is 0 Å². The minimum Gasteiger partial charge on any atom is -0.339 e. The van der Waals surface area contributed by atoms with Crippen LogP contribution in [-0.4, -0.2) is 9.38 Å². The number of nitrogens with zero attached hydrogens (tertiary/aromatic N) is 2. The number of rotatable bonds is 3. The van der Waals surface area contributed by atoms with Crippen LogP contribution in [0, 0.1) is 32.4 Å². The first kappa shape index (κ1) is 16.7. The second-order valence-electron chi connectivity index (χ2n) is 6.29. The molecule has 0 unspecified atom stereocenters. The van der Waals surface area contributed by atoms with E-state index in [2.05, 4.69) is 10.3 Å². The van der Waals surface area contributed by atoms with Crippen molar-refractivity contribution in [3.63, 3.8) is 0 Å². The first-order valence-electron chi connectivity index (χ1n) is 8.21. The van der Waals surface area contributed by atoms with Gasteiger partial charge in [0.05, 0.1) is 5.56 Å². The highest BCUT2D eigenvalue weighted by molar-refractivity contribution is 7.15. The second kappa shape index (κ2) is 6.21. The molecule has 6 heteroatoms. The summed E-state index contributed by atoms with van der Waals surface area (Å²) >= 11 is 1.44. The van der Waals surface area contributed by atoms with Crippen molar-refractivity contribution < 1.29 is 8.78 Å². The fourth-order valence-electron chi connectivity index (χ4n) is 3.14. The zero-order valence-corrected chi connectivity index (χ0v) is 15.4. The van der Waals surface area contributed by atoms with Crippen LogP contribution in [0.15, 0.2) is 41.8 Å². The molecule has 0 aliphatic heterocycles. The van der Waals surface area contributed by atoms with Crippen LogP contribution in [0.2, 0.25) is 0 Å². The maximum absolute atomic E-state index is 14.4. The Morgan fingerprint density at radius 2 is 1.58 bits per heavy atom. The van der Waals surface area contributed by atoms with Crippen molar-refractivity contribution in [2.75, 3.05) is 5.32 Å². The maximum Gasteiger partial charge on any atom is 0.196 e. The van der Waals surface area contributed by atoms with E-state index in [4.69, 9.17) is 0 Å². The molecule has 4 aromatic rings. The summed E-state index contributed by atoms with van der Waals surface area (Å²) in [5, 5.41) is 5.36. The summed E-state index contributed by atoms with van der Waals surface area (Å²) in [6, 6.07) is 9.84. The van der Waals surface area contributed by atoms with Gasteiger partial charge in [0.25, 0.3) is 0 Å². The SMILES string of the molecule is Cc1cccc(C)c1Nc1c(-c2c(F)cccc2F)nc2scc(C)n12. The van der Waals surface area contributed by atoms with E-state index in [1.165, 1.54) is 29.5 Å². The predicted octanol–water partition coefficient (Wildman–Crippen LogP) is 6.01. The van der Waals surface area contributed by atoms with Gasteiger partial charge in [-0.2, -0.15) is 0 Å². The third-order valence-corrected chi connectivity index (χ3v) is 5.40. The molecule has 2 aromatic heterocycles. The maximum atomic E-state index is 14.4. The molecule has 3 nitrogen and oxygen atoms in total. The van der Waals surface area contributed by atoms with Gasteiger partial charge in [0.1, 0.15) is 23.1 Å². The number of hydrogen-bond donors (Lipinski definition) is 1. The average molecular weight is 369 g/mol. The Bertz CT molecular complexity index is 1090. The molecular formula is C20H17F2N3S. The van der Waals surface area contributed by atoms with Crippen molar-refractivity contribution in [1.29, 1.82) is 0 Å². The molecule has 0 atom stereocenters. The summed E-state index contributed by atoms with van der Waals surface area (Å²) in [4.78, 5) is 5.21. The molecule has 2 aromatic carbocycles. The molecule has 0 bridgehead atoms. The van der Waals surface area contributed by atoms with Crippen LogP contribution in [0.3, 0.4) is 0 Å². The lowest BCUT2D eigenvalue weighted by atomic mass is 10.1. The largest absolute Gasteiger partial charge is 0.339 e. The molecule has 0 saturated heterocycles. The number of aryl methyl sites for hydroxylation is 3. The van der Waals surface area contributed by atoms with E-state index < -0.39 is 11.6 Å². The van der Waals surface area contributed by atoms with Crippen molar-refractivity contribution in [3.05, 3.63) is 70.2 Å². The number of thiazole rings is 1. The van der Waals surface area contributed by atoms with Gasteiger partial charge in [-0.1, -0.05) is 24.3 Å². The zero-order chi connectivity index (χ0) is 18.4. The van der Waals surface area contributed by atoms with Gasteiger partial charge in [-0.15, -0.1) is 11.3 Å². The lowest BCUT2D eigenvalue weighted by Crippen LogP contribution is -2.02. The number of aromatic nitrogens is 2. The lowest BCUT2D eigenvalue weighted by molar-refractivity contribution is 0.589. The molecule has 26 heavy (non-hydrogen) atoms. The van der Waals surface area contributed by atoms with Crippen LogP contribution in [0.5, 0.6) is 0 Å². The number of benzene rings is 2. The molecule has 0 radical (unpaired) electrons. The van der Waals surface area contributed by atoms with Crippen molar-refractivity contribution in [1.82, 2.24) is 9.38 Å². The standard InChI is InChI=1S/C20H17F2N3S/c1-11-6-4-7-12(2)17(11)23-19-18(16-14(21)8-5-9-15(16)22)24-20-25(19)13(3)10-26-20/h4-10,23H,1-3H3. The van der Waals surface area contributed by atoms with Gasteiger partial charge in [-0.25, -0.2) is 13.8 Å². The number of para-hydroxylation sites is 1. The van der Waals surface area contributed by atoms with Crippen LogP contribution < -0.4 is 5.32 Å². The third-order valence-electron chi connectivity index (χ3n) is 4.46. The smallest absolute Gasteiger partial charge is 0.196 e. The Kier molecular flexibility index (Phi) is 4.00. The van der Waals surface area contributed by atoms with Crippen molar-refractivity contribution in [3.8, 4) is 11.3 Å². The second-order valence-corrected chi connectivity index (χ2v) is 7.13. The zero-order valence-electron chi connectivity index (χ0n) is 14.6. The Morgan fingerprint density at radius 3 is 2.23 bits per heavy atom. The van der Waals surface area contributed by atoms with Crippen molar-refractivity contribution in [2.45, 2.75) is 20.8 Å². The Hall–Kier alpha value is -2.73. The minimum atomic E-state index is -0.627. The van der Waals surface area contributed by atoms with E-state index in [-0.39, 0.29) is 11.3 Å². The topological polar surface area (TPSA) is 29.3 Å². The highest BCUT2D eigenvalue weighted by Crippen LogP contribution is 2.37. The van der Waals surface area contributed by atoms with Crippen LogP contribution in [0.1, 0.15) is 16.8 Å². The Labute approximate surface area is 153 Å². The number of fused-ring (bicyclic) bond motifs is 1. The number of halogens is 2. The summed E-state index contributed by atoms with van der Waals surface area (Å²) in [5.74, 6) is -0.684. The molecule has 2 heterocycles. The molecule has 0 amide bonds. The molecular weight excluding hydrogens is 352 g/mol. The van der Waals surface area contributed by atoms with Gasteiger partial charge in [-0.05, 0) is 44.0 Å². The molecule has 1 N–H and O–H groups in total. The number of anilines is 2. The normalized spacial score (nSPS) is 11.3. The van der Waals surface area contributed by atoms with E-state index in [1.807, 2.05) is 48.8 Å². The molecule has 0 saturated carbocycles. The summed E-state index contributed by atoms with van der Waals surface area (Å²) in [5.41, 5.74) is 4.13. The monoisotopic (exact) mass is 369 g/mol. The Morgan fingerprint density at radius 1 is 0.962 bits per heavy atom. The molecule has 0 spiro atoms. The van der Waals surface area contributed by atoms with Crippen LogP contribution in [0.4, 0.5) is 20.3 Å². The van der Waals surface area contributed by atoms with Crippen LogP contribution in [-0.2, 0) is 0 Å². The summed E-state index contributed by atoms with van der Waals surface area (Å²) in [7, 11) is 0. The van der Waals surface area contributed by atoms with E-state index in [0.29, 0.717) is 10.8 Å². The molecule has 0 fully saturated rings. The van der Waals surface area contributed by atoms with E-state index in [9.17, 15) is 8.78 Å². The summed E-state index contributed by atoms with van der Waals surface area (Å²) in [6.45, 7) is 5.94. The van der Waals surface area contributed by atoms with Crippen LogP contribution >= 0.6 is 11.3 Å². The fourth-order valence-corrected chi connectivity index (χ4v) is 4.01. The highest BCUT2D eigenvalue weighted by atomic mass is 32.1. The molecule has 4 rings (SSSR count). The molecule has 132 valence electrons. The minimum absolute atomic E-state index is 0.114. The number of nitrogens with one attached hydrogen (secondary N) is 1. The van der Waals surface area contributed by atoms with Crippen molar-refractivity contribution in [2.24, 2.45) is 0 Å². The predicted molar refractivity (Wildman–Crippen MR) is 102 cm³/mol. The highest BCUT2D eigenvalue weighted by Gasteiger charge is 2.23. The van der Waals surface area contributed by atoms with E-state index in [1.54, 1.807) is 0 Å². The van der Waals surface area contributed by atoms with Gasteiger partial charge < -0.3 is 5.32 Å². The van der Waals surface area contributed by atoms with E-state index in [0.717, 1.165) is 22.5 Å². The lowest BCUT2D eigenvalue weighted by Gasteiger charge is -2.14. The Balaban J connectivity index is 2.00. The number of imidazole rings is 1. The number of hydrogen-bond acceptors (Lipinski definition) is 3. The summed E-state index contributed by atoms with van der Waals surface area (Å²) in [6.07, 6.45) is 0. The fraction of sp³-hybridized carbons (Fsp3) is 0.150. The van der Waals surface area contributed by atoms with Crippen LogP contribution in [0.25, 0.3) is 16.2 Å². The first-order valence-corrected chi connectivity index (χ1v) is 9.09. The van der Waals surface area contributed by atoms with E-state index >= 15 is 0 Å².